The quantitative estimate of drug-likeness (QED) is 0.862. The molecule has 1 aromatic heterocycles. The van der Waals surface area contributed by atoms with Gasteiger partial charge in [-0.2, -0.15) is 0 Å². The van der Waals surface area contributed by atoms with Crippen LogP contribution in [0.25, 0.3) is 0 Å². The lowest BCUT2D eigenvalue weighted by Gasteiger charge is -2.10. The van der Waals surface area contributed by atoms with Crippen molar-refractivity contribution >= 4 is 17.3 Å². The van der Waals surface area contributed by atoms with Gasteiger partial charge in [0.05, 0.1) is 6.54 Å². The van der Waals surface area contributed by atoms with E-state index in [4.69, 9.17) is 17.3 Å². The zero-order chi connectivity index (χ0) is 14.0. The summed E-state index contributed by atoms with van der Waals surface area (Å²) in [6, 6.07) is 6.37. The number of anilines is 1. The number of rotatable bonds is 3. The maximum absolute atomic E-state index is 12.1. The third kappa shape index (κ3) is 2.71. The second kappa shape index (κ2) is 5.32. The minimum absolute atomic E-state index is 0.140. The van der Waals surface area contributed by atoms with Gasteiger partial charge in [0, 0.05) is 29.5 Å². The number of nitrogen functional groups attached to an aromatic ring is 1. The normalized spacial score (nSPS) is 10.6. The summed E-state index contributed by atoms with van der Waals surface area (Å²) in [4.78, 5) is 23.8. The molecule has 100 valence electrons. The molecule has 0 saturated carbocycles. The fraction of sp³-hybridized carbons (Fsp3) is 0.231. The maximum Gasteiger partial charge on any atom is 0.331 e. The van der Waals surface area contributed by atoms with Gasteiger partial charge in [0.2, 0.25) is 0 Å². The standard InChI is InChI=1S/C13H14ClN3O2/c1-2-16-6-5-12(18)17(13(16)19)8-9-3-4-10(14)7-11(9)15/h3-7H,2,8,15H2,1H3. The number of nitrogens with two attached hydrogens (primary N) is 1. The fourth-order valence-electron chi connectivity index (χ4n) is 1.82. The number of benzene rings is 1. The van der Waals surface area contributed by atoms with Crippen LogP contribution in [0.15, 0.2) is 40.1 Å². The van der Waals surface area contributed by atoms with Gasteiger partial charge in [-0.15, -0.1) is 0 Å². The first-order chi connectivity index (χ1) is 9.02. The van der Waals surface area contributed by atoms with Crippen LogP contribution in [0.2, 0.25) is 5.02 Å². The van der Waals surface area contributed by atoms with Gasteiger partial charge in [-0.25, -0.2) is 4.79 Å². The Bertz CT molecular complexity index is 719. The Hall–Kier alpha value is -2.01. The molecule has 2 N–H and O–H groups in total. The Labute approximate surface area is 114 Å². The molecular weight excluding hydrogens is 266 g/mol. The third-order valence-electron chi connectivity index (χ3n) is 2.92. The maximum atomic E-state index is 12.1. The first-order valence-corrected chi connectivity index (χ1v) is 6.25. The van der Waals surface area contributed by atoms with E-state index in [2.05, 4.69) is 0 Å². The van der Waals surface area contributed by atoms with E-state index in [1.807, 2.05) is 6.92 Å². The lowest BCUT2D eigenvalue weighted by atomic mass is 10.2. The monoisotopic (exact) mass is 279 g/mol. The molecule has 0 saturated heterocycles. The van der Waals surface area contributed by atoms with Crippen LogP contribution in [0.1, 0.15) is 12.5 Å². The Kier molecular flexibility index (Phi) is 3.76. The second-order valence-electron chi connectivity index (χ2n) is 4.15. The van der Waals surface area contributed by atoms with Crippen LogP contribution in [-0.2, 0) is 13.1 Å². The number of halogens is 1. The van der Waals surface area contributed by atoms with Gasteiger partial charge in [0.15, 0.2) is 0 Å². The molecule has 0 bridgehead atoms. The van der Waals surface area contributed by atoms with Gasteiger partial charge in [0.1, 0.15) is 0 Å². The summed E-state index contributed by atoms with van der Waals surface area (Å²) < 4.78 is 2.62. The van der Waals surface area contributed by atoms with Crippen molar-refractivity contribution in [1.29, 1.82) is 0 Å². The van der Waals surface area contributed by atoms with Crippen LogP contribution in [0.3, 0.4) is 0 Å². The van der Waals surface area contributed by atoms with Crippen LogP contribution in [0.5, 0.6) is 0 Å². The van der Waals surface area contributed by atoms with E-state index in [9.17, 15) is 9.59 Å². The Morgan fingerprint density at radius 3 is 2.63 bits per heavy atom. The molecule has 1 heterocycles. The first kappa shape index (κ1) is 13.4. The SMILES string of the molecule is CCn1ccc(=O)n(Cc2ccc(Cl)cc2N)c1=O. The highest BCUT2D eigenvalue weighted by Crippen LogP contribution is 2.18. The van der Waals surface area contributed by atoms with Crippen molar-refractivity contribution in [3.05, 3.63) is 61.9 Å². The van der Waals surface area contributed by atoms with Crippen LogP contribution in [0.4, 0.5) is 5.69 Å². The fourth-order valence-corrected chi connectivity index (χ4v) is 2.00. The molecule has 6 heteroatoms. The molecule has 5 nitrogen and oxygen atoms in total. The van der Waals surface area contributed by atoms with E-state index >= 15 is 0 Å². The van der Waals surface area contributed by atoms with E-state index in [-0.39, 0.29) is 17.8 Å². The molecule has 0 amide bonds. The molecule has 0 spiro atoms. The van der Waals surface area contributed by atoms with Crippen molar-refractivity contribution in [2.24, 2.45) is 0 Å². The second-order valence-corrected chi connectivity index (χ2v) is 4.59. The molecule has 0 aliphatic heterocycles. The lowest BCUT2D eigenvalue weighted by molar-refractivity contribution is 0.600. The lowest BCUT2D eigenvalue weighted by Crippen LogP contribution is -2.39. The summed E-state index contributed by atoms with van der Waals surface area (Å²) in [6.07, 6.45) is 1.49. The summed E-state index contributed by atoms with van der Waals surface area (Å²) in [7, 11) is 0. The van der Waals surface area contributed by atoms with Crippen LogP contribution in [0, 0.1) is 0 Å². The van der Waals surface area contributed by atoms with E-state index in [0.717, 1.165) is 4.57 Å². The molecular formula is C13H14ClN3O2. The van der Waals surface area contributed by atoms with Crippen molar-refractivity contribution in [1.82, 2.24) is 9.13 Å². The third-order valence-corrected chi connectivity index (χ3v) is 3.15. The van der Waals surface area contributed by atoms with Gasteiger partial charge in [-0.3, -0.25) is 9.36 Å². The van der Waals surface area contributed by atoms with Crippen molar-refractivity contribution in [2.45, 2.75) is 20.0 Å². The van der Waals surface area contributed by atoms with Gasteiger partial charge < -0.3 is 10.3 Å². The van der Waals surface area contributed by atoms with Gasteiger partial charge in [0.25, 0.3) is 5.56 Å². The Morgan fingerprint density at radius 1 is 1.26 bits per heavy atom. The minimum atomic E-state index is -0.343. The van der Waals surface area contributed by atoms with Crippen molar-refractivity contribution in [3.63, 3.8) is 0 Å². The first-order valence-electron chi connectivity index (χ1n) is 5.87. The van der Waals surface area contributed by atoms with Crippen LogP contribution < -0.4 is 17.0 Å². The van der Waals surface area contributed by atoms with E-state index < -0.39 is 0 Å². The zero-order valence-corrected chi connectivity index (χ0v) is 11.2. The summed E-state index contributed by atoms with van der Waals surface area (Å²) >= 11 is 5.82. The molecule has 0 aliphatic carbocycles. The molecule has 0 unspecified atom stereocenters. The Morgan fingerprint density at radius 2 is 2.00 bits per heavy atom. The predicted molar refractivity (Wildman–Crippen MR) is 75.6 cm³/mol. The number of nitrogens with zero attached hydrogens (tertiary/aromatic N) is 2. The molecule has 2 rings (SSSR count). The topological polar surface area (TPSA) is 70.0 Å². The summed E-state index contributed by atoms with van der Waals surface area (Å²) in [5.74, 6) is 0. The molecule has 0 aliphatic rings. The average Bonchev–Trinajstić information content (AvgIpc) is 2.37. The van der Waals surface area contributed by atoms with Crippen LogP contribution >= 0.6 is 11.6 Å². The smallest absolute Gasteiger partial charge is 0.331 e. The highest BCUT2D eigenvalue weighted by molar-refractivity contribution is 6.30. The molecule has 0 radical (unpaired) electrons. The van der Waals surface area contributed by atoms with Crippen molar-refractivity contribution < 1.29 is 0 Å². The Balaban J connectivity index is 2.49. The summed E-state index contributed by atoms with van der Waals surface area (Å²) in [5, 5.41) is 0.521. The summed E-state index contributed by atoms with van der Waals surface area (Å²) in [5.41, 5.74) is 6.30. The zero-order valence-electron chi connectivity index (χ0n) is 10.5. The number of hydrogen-bond acceptors (Lipinski definition) is 3. The minimum Gasteiger partial charge on any atom is -0.398 e. The van der Waals surface area contributed by atoms with Gasteiger partial charge in [-0.1, -0.05) is 17.7 Å². The predicted octanol–water partition coefficient (Wildman–Crippen LogP) is 1.31. The van der Waals surface area contributed by atoms with Crippen molar-refractivity contribution in [2.75, 3.05) is 5.73 Å². The molecule has 0 fully saturated rings. The van der Waals surface area contributed by atoms with E-state index in [1.54, 1.807) is 18.2 Å². The summed E-state index contributed by atoms with van der Waals surface area (Å²) in [6.45, 7) is 2.49. The molecule has 0 atom stereocenters. The van der Waals surface area contributed by atoms with Gasteiger partial charge >= 0.3 is 5.69 Å². The molecule has 19 heavy (non-hydrogen) atoms. The van der Waals surface area contributed by atoms with E-state index in [1.165, 1.54) is 16.8 Å². The highest BCUT2D eigenvalue weighted by atomic mass is 35.5. The molecule has 2 aromatic rings. The molecule has 1 aromatic carbocycles. The average molecular weight is 280 g/mol. The number of aromatic nitrogens is 2. The van der Waals surface area contributed by atoms with E-state index in [0.29, 0.717) is 22.8 Å². The largest absolute Gasteiger partial charge is 0.398 e. The van der Waals surface area contributed by atoms with Crippen molar-refractivity contribution in [3.8, 4) is 0 Å². The van der Waals surface area contributed by atoms with Crippen LogP contribution in [-0.4, -0.2) is 9.13 Å². The number of aryl methyl sites for hydroxylation is 1. The van der Waals surface area contributed by atoms with Gasteiger partial charge in [-0.05, 0) is 24.6 Å². The number of hydrogen-bond donors (Lipinski definition) is 1. The highest BCUT2D eigenvalue weighted by Gasteiger charge is 2.07.